The molecule has 2 rings (SSSR count). The van der Waals surface area contributed by atoms with Crippen LogP contribution in [0.1, 0.15) is 24.0 Å². The topological polar surface area (TPSA) is 41.6 Å². The van der Waals surface area contributed by atoms with Crippen LogP contribution in [0.25, 0.3) is 0 Å². The highest BCUT2D eigenvalue weighted by atomic mass is 16.5. The third kappa shape index (κ3) is 3.73. The monoisotopic (exact) mass is 276 g/mol. The molecule has 1 fully saturated rings. The van der Waals surface area contributed by atoms with E-state index in [0.29, 0.717) is 12.5 Å². The van der Waals surface area contributed by atoms with Gasteiger partial charge in [-0.15, -0.1) is 0 Å². The minimum absolute atomic E-state index is 0.00249. The molecule has 1 aromatic rings. The van der Waals surface area contributed by atoms with Gasteiger partial charge < -0.3 is 15.0 Å². The van der Waals surface area contributed by atoms with Gasteiger partial charge in [0.2, 0.25) is 0 Å². The summed E-state index contributed by atoms with van der Waals surface area (Å²) in [6.07, 6.45) is 2.19. The van der Waals surface area contributed by atoms with Crippen LogP contribution in [0.2, 0.25) is 0 Å². The van der Waals surface area contributed by atoms with E-state index in [2.05, 4.69) is 24.4 Å². The van der Waals surface area contributed by atoms with Crippen molar-refractivity contribution in [2.75, 3.05) is 20.8 Å². The van der Waals surface area contributed by atoms with Crippen molar-refractivity contribution in [1.82, 2.24) is 10.2 Å². The van der Waals surface area contributed by atoms with Gasteiger partial charge in [0.25, 0.3) is 0 Å². The van der Waals surface area contributed by atoms with Crippen LogP contribution in [-0.4, -0.2) is 37.7 Å². The molecule has 0 unspecified atom stereocenters. The summed E-state index contributed by atoms with van der Waals surface area (Å²) in [5, 5.41) is 3.09. The first-order valence-electron chi connectivity index (χ1n) is 7.16. The maximum Gasteiger partial charge on any atom is 0.317 e. The Labute approximate surface area is 121 Å². The molecule has 0 bridgehead atoms. The number of benzene rings is 1. The van der Waals surface area contributed by atoms with Crippen LogP contribution in [0.15, 0.2) is 24.3 Å². The second-order valence-corrected chi connectivity index (χ2v) is 5.69. The van der Waals surface area contributed by atoms with Crippen LogP contribution < -0.4 is 5.32 Å². The number of nitrogens with zero attached hydrogens (tertiary/aromatic N) is 1. The van der Waals surface area contributed by atoms with Crippen molar-refractivity contribution >= 4 is 6.03 Å². The number of rotatable bonds is 5. The fraction of sp³-hybridized carbons (Fsp3) is 0.562. The molecular formula is C16H24N2O2. The van der Waals surface area contributed by atoms with Crippen LogP contribution >= 0.6 is 0 Å². The summed E-state index contributed by atoms with van der Waals surface area (Å²) in [6, 6.07) is 8.51. The smallest absolute Gasteiger partial charge is 0.317 e. The molecule has 1 saturated carbocycles. The molecule has 4 heteroatoms. The number of ether oxygens (including phenoxy) is 1. The number of aryl methyl sites for hydroxylation is 1. The lowest BCUT2D eigenvalue weighted by Gasteiger charge is -2.37. The van der Waals surface area contributed by atoms with Crippen molar-refractivity contribution < 1.29 is 9.53 Å². The summed E-state index contributed by atoms with van der Waals surface area (Å²) in [5.41, 5.74) is 2.38. The summed E-state index contributed by atoms with van der Waals surface area (Å²) in [4.78, 5) is 13.9. The van der Waals surface area contributed by atoms with Gasteiger partial charge in [-0.2, -0.15) is 0 Å². The average molecular weight is 276 g/mol. The molecule has 0 aromatic heterocycles. The quantitative estimate of drug-likeness (QED) is 0.898. The number of methoxy groups -OCH3 is 1. The second kappa shape index (κ2) is 6.75. The van der Waals surface area contributed by atoms with Gasteiger partial charge in [0, 0.05) is 32.7 Å². The predicted molar refractivity (Wildman–Crippen MR) is 79.6 cm³/mol. The lowest BCUT2D eigenvalue weighted by molar-refractivity contribution is 0.0803. The Morgan fingerprint density at radius 3 is 2.85 bits per heavy atom. The van der Waals surface area contributed by atoms with Gasteiger partial charge in [-0.05, 0) is 25.3 Å². The summed E-state index contributed by atoms with van der Waals surface area (Å²) >= 11 is 0. The van der Waals surface area contributed by atoms with Crippen molar-refractivity contribution in [3.05, 3.63) is 35.4 Å². The molecule has 1 aromatic carbocycles. The number of hydrogen-bond donors (Lipinski definition) is 1. The van der Waals surface area contributed by atoms with Gasteiger partial charge in [0.05, 0.1) is 6.61 Å². The first-order chi connectivity index (χ1) is 9.60. The molecule has 20 heavy (non-hydrogen) atoms. The summed E-state index contributed by atoms with van der Waals surface area (Å²) in [5.74, 6) is 0.469. The Bertz CT molecular complexity index is 462. The Kier molecular flexibility index (Phi) is 5.01. The highest BCUT2D eigenvalue weighted by Gasteiger charge is 2.32. The lowest BCUT2D eigenvalue weighted by Crippen LogP contribution is -2.51. The van der Waals surface area contributed by atoms with E-state index in [9.17, 15) is 4.79 Å². The molecule has 2 atom stereocenters. The van der Waals surface area contributed by atoms with Crippen molar-refractivity contribution in [2.45, 2.75) is 32.4 Å². The summed E-state index contributed by atoms with van der Waals surface area (Å²) in [6.45, 7) is 3.43. The van der Waals surface area contributed by atoms with Gasteiger partial charge in [-0.25, -0.2) is 4.79 Å². The Balaban J connectivity index is 1.83. The van der Waals surface area contributed by atoms with Crippen LogP contribution in [0, 0.1) is 12.8 Å². The van der Waals surface area contributed by atoms with E-state index in [0.717, 1.165) is 25.0 Å². The second-order valence-electron chi connectivity index (χ2n) is 5.69. The van der Waals surface area contributed by atoms with Gasteiger partial charge in [-0.3, -0.25) is 0 Å². The first kappa shape index (κ1) is 14.9. The van der Waals surface area contributed by atoms with Crippen molar-refractivity contribution in [3.8, 4) is 0 Å². The largest absolute Gasteiger partial charge is 0.384 e. The van der Waals surface area contributed by atoms with Crippen LogP contribution in [0.3, 0.4) is 0 Å². The normalized spacial score (nSPS) is 21.1. The van der Waals surface area contributed by atoms with Crippen molar-refractivity contribution in [1.29, 1.82) is 0 Å². The number of hydrogen-bond acceptors (Lipinski definition) is 2. The molecule has 1 N–H and O–H groups in total. The van der Waals surface area contributed by atoms with Gasteiger partial charge in [0.15, 0.2) is 0 Å². The number of carbonyl (C=O) groups is 1. The molecule has 0 radical (unpaired) electrons. The minimum atomic E-state index is -0.00249. The molecule has 1 aliphatic rings. The van der Waals surface area contributed by atoms with Gasteiger partial charge >= 0.3 is 6.03 Å². The SMILES string of the molecule is COC[C@H]1CC[C@H]1NC(=O)N(C)Cc1cccc(C)c1. The van der Waals surface area contributed by atoms with E-state index < -0.39 is 0 Å². The van der Waals surface area contributed by atoms with Gasteiger partial charge in [-0.1, -0.05) is 29.8 Å². The number of carbonyl (C=O) groups excluding carboxylic acids is 1. The Morgan fingerprint density at radius 2 is 2.25 bits per heavy atom. The van der Waals surface area contributed by atoms with Crippen LogP contribution in [0.5, 0.6) is 0 Å². The molecule has 0 saturated heterocycles. The van der Waals surface area contributed by atoms with Crippen LogP contribution in [0.4, 0.5) is 4.79 Å². The standard InChI is InChI=1S/C16H24N2O2/c1-12-5-4-6-13(9-12)10-18(2)16(19)17-15-8-7-14(15)11-20-3/h4-6,9,14-15H,7-8,10-11H2,1-3H3,(H,17,19)/t14-,15-/m1/s1. The number of amides is 2. The Hall–Kier alpha value is -1.55. The van der Waals surface area contributed by atoms with Crippen molar-refractivity contribution in [2.24, 2.45) is 5.92 Å². The van der Waals surface area contributed by atoms with E-state index in [4.69, 9.17) is 4.74 Å². The molecule has 0 heterocycles. The zero-order valence-corrected chi connectivity index (χ0v) is 12.6. The van der Waals surface area contributed by atoms with E-state index in [1.807, 2.05) is 19.2 Å². The molecule has 110 valence electrons. The first-order valence-corrected chi connectivity index (χ1v) is 7.16. The van der Waals surface area contributed by atoms with E-state index in [1.165, 1.54) is 5.56 Å². The molecule has 1 aliphatic carbocycles. The summed E-state index contributed by atoms with van der Waals surface area (Å²) < 4.78 is 5.16. The fourth-order valence-electron chi connectivity index (χ4n) is 2.60. The molecule has 2 amide bonds. The molecular weight excluding hydrogens is 252 g/mol. The fourth-order valence-corrected chi connectivity index (χ4v) is 2.60. The molecule has 4 nitrogen and oxygen atoms in total. The third-order valence-electron chi connectivity index (χ3n) is 3.96. The number of nitrogens with one attached hydrogen (secondary N) is 1. The van der Waals surface area contributed by atoms with Crippen LogP contribution in [-0.2, 0) is 11.3 Å². The predicted octanol–water partition coefficient (Wildman–Crippen LogP) is 2.56. The number of urea groups is 1. The average Bonchev–Trinajstić information content (AvgIpc) is 2.40. The zero-order chi connectivity index (χ0) is 14.5. The minimum Gasteiger partial charge on any atom is -0.384 e. The lowest BCUT2D eigenvalue weighted by atomic mass is 9.80. The highest BCUT2D eigenvalue weighted by Crippen LogP contribution is 2.27. The molecule has 0 spiro atoms. The van der Waals surface area contributed by atoms with Crippen molar-refractivity contribution in [3.63, 3.8) is 0 Å². The molecule has 0 aliphatic heterocycles. The highest BCUT2D eigenvalue weighted by molar-refractivity contribution is 5.74. The van der Waals surface area contributed by atoms with Gasteiger partial charge in [0.1, 0.15) is 0 Å². The maximum absolute atomic E-state index is 12.2. The maximum atomic E-state index is 12.2. The Morgan fingerprint density at radius 1 is 1.45 bits per heavy atom. The van der Waals surface area contributed by atoms with E-state index in [1.54, 1.807) is 12.0 Å². The van der Waals surface area contributed by atoms with E-state index in [-0.39, 0.29) is 12.1 Å². The van der Waals surface area contributed by atoms with E-state index >= 15 is 0 Å². The third-order valence-corrected chi connectivity index (χ3v) is 3.96. The summed E-state index contributed by atoms with van der Waals surface area (Å²) in [7, 11) is 3.54. The zero-order valence-electron chi connectivity index (χ0n) is 12.6.